The number of aryl methyl sites for hydroxylation is 1. The lowest BCUT2D eigenvalue weighted by Crippen LogP contribution is -2.27. The minimum absolute atomic E-state index is 0.0486. The fourth-order valence-electron chi connectivity index (χ4n) is 3.38. The fourth-order valence-corrected chi connectivity index (χ4v) is 5.03. The van der Waals surface area contributed by atoms with Gasteiger partial charge in [-0.3, -0.25) is 4.79 Å². The van der Waals surface area contributed by atoms with E-state index in [0.717, 1.165) is 21.2 Å². The van der Waals surface area contributed by atoms with E-state index < -0.39 is 10.0 Å². The van der Waals surface area contributed by atoms with Crippen LogP contribution in [0.3, 0.4) is 0 Å². The zero-order valence-corrected chi connectivity index (χ0v) is 20.5. The van der Waals surface area contributed by atoms with E-state index in [4.69, 9.17) is 0 Å². The third-order valence-electron chi connectivity index (χ3n) is 5.23. The summed E-state index contributed by atoms with van der Waals surface area (Å²) in [6.07, 6.45) is 0.860. The molecule has 0 bridgehead atoms. The van der Waals surface area contributed by atoms with Gasteiger partial charge in [0.25, 0.3) is 0 Å². The average Bonchev–Trinajstić information content (AvgIpc) is 2.78. The Morgan fingerprint density at radius 1 is 0.875 bits per heavy atom. The lowest BCUT2D eigenvalue weighted by Gasteiger charge is -2.15. The van der Waals surface area contributed by atoms with Gasteiger partial charge >= 0.3 is 0 Å². The molecule has 0 aliphatic heterocycles. The molecule has 0 heterocycles. The lowest BCUT2D eigenvalue weighted by atomic mass is 10.1. The first kappa shape index (κ1) is 24.2. The van der Waals surface area contributed by atoms with Crippen LogP contribution in [0.5, 0.6) is 0 Å². The maximum atomic E-state index is 12.7. The lowest BCUT2D eigenvalue weighted by molar-refractivity contribution is -0.121. The number of amides is 1. The second kappa shape index (κ2) is 10.9. The molecule has 0 radical (unpaired) electrons. The van der Waals surface area contributed by atoms with Crippen LogP contribution in [0, 0.1) is 0 Å². The molecule has 5 nitrogen and oxygen atoms in total. The van der Waals surface area contributed by atoms with Crippen LogP contribution in [0.2, 0.25) is 0 Å². The van der Waals surface area contributed by atoms with Crippen LogP contribution in [0.15, 0.2) is 88.2 Å². The highest BCUT2D eigenvalue weighted by molar-refractivity contribution is 9.10. The molecule has 2 atom stereocenters. The molecular formula is C25H27BrN2O3S. The molecule has 0 aromatic heterocycles. The molecule has 3 aromatic rings. The maximum Gasteiger partial charge on any atom is 0.241 e. The first-order valence-corrected chi connectivity index (χ1v) is 12.7. The summed E-state index contributed by atoms with van der Waals surface area (Å²) in [4.78, 5) is 12.5. The summed E-state index contributed by atoms with van der Waals surface area (Å²) in [5, 5.41) is 3.00. The molecule has 0 saturated heterocycles. The van der Waals surface area contributed by atoms with Crippen LogP contribution in [0.4, 0.5) is 0 Å². The van der Waals surface area contributed by atoms with Gasteiger partial charge in [0, 0.05) is 16.9 Å². The van der Waals surface area contributed by atoms with Gasteiger partial charge in [-0.25, -0.2) is 13.1 Å². The molecule has 3 aromatic carbocycles. The van der Waals surface area contributed by atoms with Gasteiger partial charge in [-0.1, -0.05) is 70.5 Å². The quantitative estimate of drug-likeness (QED) is 0.406. The average molecular weight is 515 g/mol. The van der Waals surface area contributed by atoms with E-state index in [0.29, 0.717) is 12.8 Å². The minimum Gasteiger partial charge on any atom is -0.350 e. The third-order valence-corrected chi connectivity index (χ3v) is 7.28. The number of benzene rings is 3. The molecule has 7 heteroatoms. The number of carbonyl (C=O) groups excluding carboxylic acids is 1. The topological polar surface area (TPSA) is 75.3 Å². The second-order valence-electron chi connectivity index (χ2n) is 7.74. The third kappa shape index (κ3) is 6.76. The number of hydrogen-bond acceptors (Lipinski definition) is 3. The van der Waals surface area contributed by atoms with Crippen molar-refractivity contribution in [1.82, 2.24) is 10.0 Å². The van der Waals surface area contributed by atoms with Gasteiger partial charge in [0.1, 0.15) is 0 Å². The van der Waals surface area contributed by atoms with Crippen LogP contribution in [-0.4, -0.2) is 14.3 Å². The fraction of sp³-hybridized carbons (Fsp3) is 0.240. The van der Waals surface area contributed by atoms with E-state index in [9.17, 15) is 13.2 Å². The van der Waals surface area contributed by atoms with Crippen LogP contribution in [0.1, 0.15) is 49.0 Å². The zero-order valence-electron chi connectivity index (χ0n) is 18.1. The molecule has 1 amide bonds. The molecule has 0 unspecified atom stereocenters. The van der Waals surface area contributed by atoms with Crippen LogP contribution in [0.25, 0.3) is 0 Å². The summed E-state index contributed by atoms with van der Waals surface area (Å²) >= 11 is 3.44. The largest absolute Gasteiger partial charge is 0.350 e. The van der Waals surface area contributed by atoms with Crippen molar-refractivity contribution in [3.05, 3.63) is 100 Å². The molecule has 168 valence electrons. The molecule has 0 saturated carbocycles. The Labute approximate surface area is 198 Å². The highest BCUT2D eigenvalue weighted by Gasteiger charge is 2.18. The Bertz CT molecular complexity index is 1150. The molecule has 0 aliphatic carbocycles. The Morgan fingerprint density at radius 3 is 2.19 bits per heavy atom. The van der Waals surface area contributed by atoms with E-state index in [1.54, 1.807) is 24.3 Å². The molecule has 32 heavy (non-hydrogen) atoms. The Hall–Kier alpha value is -2.48. The van der Waals surface area contributed by atoms with Crippen molar-refractivity contribution in [3.63, 3.8) is 0 Å². The van der Waals surface area contributed by atoms with Crippen LogP contribution >= 0.6 is 15.9 Å². The van der Waals surface area contributed by atoms with Crippen LogP contribution < -0.4 is 10.0 Å². The summed E-state index contributed by atoms with van der Waals surface area (Å²) in [7, 11) is -3.64. The predicted molar refractivity (Wildman–Crippen MR) is 131 cm³/mol. The zero-order chi connectivity index (χ0) is 23.1. The van der Waals surface area contributed by atoms with Crippen molar-refractivity contribution in [2.24, 2.45) is 0 Å². The molecule has 0 fully saturated rings. The highest BCUT2D eigenvalue weighted by Crippen LogP contribution is 2.19. The summed E-state index contributed by atoms with van der Waals surface area (Å²) in [6, 6.07) is 23.5. The molecule has 0 spiro atoms. The predicted octanol–water partition coefficient (Wildman–Crippen LogP) is 5.30. The summed E-state index contributed by atoms with van der Waals surface area (Å²) in [5.41, 5.74) is 2.83. The van der Waals surface area contributed by atoms with Gasteiger partial charge in [-0.2, -0.15) is 0 Å². The molecular weight excluding hydrogens is 488 g/mol. The van der Waals surface area contributed by atoms with Crippen molar-refractivity contribution in [3.8, 4) is 0 Å². The number of sulfonamides is 1. The molecule has 0 aliphatic rings. The summed E-state index contributed by atoms with van der Waals surface area (Å²) < 4.78 is 29.1. The number of carbonyl (C=O) groups is 1. The van der Waals surface area contributed by atoms with E-state index in [2.05, 4.69) is 26.0 Å². The van der Waals surface area contributed by atoms with Gasteiger partial charge in [0.15, 0.2) is 0 Å². The van der Waals surface area contributed by atoms with Gasteiger partial charge in [0.05, 0.1) is 10.9 Å². The Morgan fingerprint density at radius 2 is 1.53 bits per heavy atom. The molecule has 2 N–H and O–H groups in total. The number of halogens is 1. The van der Waals surface area contributed by atoms with E-state index in [1.807, 2.05) is 68.4 Å². The van der Waals surface area contributed by atoms with Crippen molar-refractivity contribution in [1.29, 1.82) is 0 Å². The van der Waals surface area contributed by atoms with Crippen molar-refractivity contribution in [2.45, 2.75) is 43.7 Å². The SMILES string of the molecule is C[C@H](NC(=O)CCc1ccc(S(=O)(=O)N[C@H](C)c2ccccc2)cc1)c1cccc(Br)c1. The second-order valence-corrected chi connectivity index (χ2v) is 10.4. The normalized spacial score (nSPS) is 13.3. The summed E-state index contributed by atoms with van der Waals surface area (Å²) in [6.45, 7) is 3.76. The molecule has 3 rings (SSSR count). The highest BCUT2D eigenvalue weighted by atomic mass is 79.9. The van der Waals surface area contributed by atoms with Crippen LogP contribution in [-0.2, 0) is 21.2 Å². The maximum absolute atomic E-state index is 12.7. The van der Waals surface area contributed by atoms with Gasteiger partial charge < -0.3 is 5.32 Å². The van der Waals surface area contributed by atoms with Gasteiger partial charge in [0.2, 0.25) is 15.9 Å². The minimum atomic E-state index is -3.64. The van der Waals surface area contributed by atoms with E-state index in [1.165, 1.54) is 0 Å². The number of hydrogen-bond donors (Lipinski definition) is 2. The number of nitrogens with one attached hydrogen (secondary N) is 2. The Kier molecular flexibility index (Phi) is 8.23. The number of rotatable bonds is 9. The Balaban J connectivity index is 1.54. The summed E-state index contributed by atoms with van der Waals surface area (Å²) in [5.74, 6) is -0.0486. The van der Waals surface area contributed by atoms with Crippen molar-refractivity contribution < 1.29 is 13.2 Å². The standard InChI is InChI=1S/C25H27BrN2O3S/c1-18(22-9-6-10-23(26)17-22)27-25(29)16-13-20-11-14-24(15-12-20)32(30,31)28-19(2)21-7-4-3-5-8-21/h3-12,14-15,17-19,28H,13,16H2,1-2H3,(H,27,29)/t18-,19+/m0/s1. The van der Waals surface area contributed by atoms with Crippen molar-refractivity contribution >= 4 is 31.9 Å². The van der Waals surface area contributed by atoms with Gasteiger partial charge in [-0.05, 0) is 61.2 Å². The van der Waals surface area contributed by atoms with E-state index >= 15 is 0 Å². The van der Waals surface area contributed by atoms with Crippen molar-refractivity contribution in [2.75, 3.05) is 0 Å². The first-order chi connectivity index (χ1) is 15.2. The van der Waals surface area contributed by atoms with E-state index in [-0.39, 0.29) is 22.9 Å². The monoisotopic (exact) mass is 514 g/mol. The first-order valence-electron chi connectivity index (χ1n) is 10.5. The smallest absolute Gasteiger partial charge is 0.241 e. The van der Waals surface area contributed by atoms with Gasteiger partial charge in [-0.15, -0.1) is 0 Å².